The molecule has 1 saturated carbocycles. The van der Waals surface area contributed by atoms with E-state index in [2.05, 4.69) is 15.3 Å². The van der Waals surface area contributed by atoms with Crippen LogP contribution in [-0.2, 0) is 0 Å². The zero-order chi connectivity index (χ0) is 22.8. The van der Waals surface area contributed by atoms with Gasteiger partial charge in [0, 0.05) is 23.2 Å². The van der Waals surface area contributed by atoms with Crippen molar-refractivity contribution in [3.8, 4) is 33.9 Å². The molecule has 2 aromatic heterocycles. The summed E-state index contributed by atoms with van der Waals surface area (Å²) in [6, 6.07) is 16.4. The number of hydrogen-bond acceptors (Lipinski definition) is 7. The fourth-order valence-corrected chi connectivity index (χ4v) is 4.48. The van der Waals surface area contributed by atoms with Crippen LogP contribution in [-0.4, -0.2) is 36.3 Å². The number of nitrogens with one attached hydrogen (secondary N) is 1. The highest BCUT2D eigenvalue weighted by molar-refractivity contribution is 6.06. The molecular weight excluding hydrogens is 416 g/mol. The van der Waals surface area contributed by atoms with Crippen molar-refractivity contribution >= 4 is 16.9 Å². The maximum Gasteiger partial charge on any atom is 0.232 e. The zero-order valence-corrected chi connectivity index (χ0v) is 18.9. The fraction of sp³-hybridized carbons (Fsp3) is 0.308. The average molecular weight is 445 g/mol. The van der Waals surface area contributed by atoms with Gasteiger partial charge in [0.15, 0.2) is 0 Å². The summed E-state index contributed by atoms with van der Waals surface area (Å²) in [7, 11) is 3.32. The highest BCUT2D eigenvalue weighted by atomic mass is 16.5. The van der Waals surface area contributed by atoms with Crippen LogP contribution in [0, 0.1) is 0 Å². The van der Waals surface area contributed by atoms with Gasteiger partial charge in [-0.3, -0.25) is 0 Å². The first kappa shape index (κ1) is 21.3. The summed E-state index contributed by atoms with van der Waals surface area (Å²) in [5, 5.41) is 4.53. The van der Waals surface area contributed by atoms with Gasteiger partial charge in [-0.1, -0.05) is 12.1 Å². The smallest absolute Gasteiger partial charge is 0.232 e. The summed E-state index contributed by atoms with van der Waals surface area (Å²) in [6.45, 7) is 0. The Balaban J connectivity index is 1.65. The molecule has 0 aliphatic heterocycles. The van der Waals surface area contributed by atoms with Crippen LogP contribution in [0.15, 0.2) is 59.3 Å². The van der Waals surface area contributed by atoms with Gasteiger partial charge < -0.3 is 24.9 Å². The van der Waals surface area contributed by atoms with Gasteiger partial charge in [0.25, 0.3) is 0 Å². The van der Waals surface area contributed by atoms with Gasteiger partial charge >= 0.3 is 0 Å². The van der Waals surface area contributed by atoms with Crippen molar-refractivity contribution in [3.05, 3.63) is 54.9 Å². The molecule has 0 spiro atoms. The van der Waals surface area contributed by atoms with E-state index in [0.717, 1.165) is 70.8 Å². The molecule has 7 nitrogen and oxygen atoms in total. The van der Waals surface area contributed by atoms with Crippen LogP contribution >= 0.6 is 0 Å². The number of nitrogens with two attached hydrogens (primary N) is 1. The lowest BCUT2D eigenvalue weighted by Gasteiger charge is -2.27. The molecule has 2 heterocycles. The topological polar surface area (TPSA) is 95.4 Å². The Morgan fingerprint density at radius 1 is 0.848 bits per heavy atom. The van der Waals surface area contributed by atoms with Crippen LogP contribution in [0.5, 0.6) is 11.5 Å². The molecule has 0 amide bonds. The van der Waals surface area contributed by atoms with Crippen LogP contribution in [0.2, 0.25) is 0 Å². The molecule has 1 aliphatic carbocycles. The molecule has 0 unspecified atom stereocenters. The second-order valence-corrected chi connectivity index (χ2v) is 8.42. The molecule has 4 aromatic rings. The zero-order valence-electron chi connectivity index (χ0n) is 18.9. The maximum atomic E-state index is 6.33. The molecular formula is C26H28N4O3. The van der Waals surface area contributed by atoms with E-state index in [1.165, 1.54) is 0 Å². The van der Waals surface area contributed by atoms with Crippen molar-refractivity contribution in [1.29, 1.82) is 0 Å². The highest BCUT2D eigenvalue weighted by Gasteiger charge is 2.25. The quantitative estimate of drug-likeness (QED) is 0.419. The lowest BCUT2D eigenvalue weighted by Crippen LogP contribution is -2.33. The standard InChI is InChI=1S/C26H28N4O3/c1-31-20-11-3-16(4-12-20)22-23-25(30-19-9-7-18(27)8-10-19)28-15-29-26(23)33-24(22)17-5-13-21(32-2)14-6-17/h3-6,11-15,18-19H,7-10,27H2,1-2H3,(H,28,29,30). The van der Waals surface area contributed by atoms with Crippen molar-refractivity contribution in [3.63, 3.8) is 0 Å². The third kappa shape index (κ3) is 4.24. The Morgan fingerprint density at radius 2 is 1.45 bits per heavy atom. The van der Waals surface area contributed by atoms with Gasteiger partial charge in [-0.05, 0) is 67.6 Å². The molecule has 7 heteroatoms. The Labute approximate surface area is 192 Å². The highest BCUT2D eigenvalue weighted by Crippen LogP contribution is 2.43. The van der Waals surface area contributed by atoms with Gasteiger partial charge in [-0.25, -0.2) is 9.97 Å². The molecule has 3 N–H and O–H groups in total. The first-order chi connectivity index (χ1) is 16.2. The number of ether oxygens (including phenoxy) is 2. The van der Waals surface area contributed by atoms with Crippen molar-refractivity contribution in [2.45, 2.75) is 37.8 Å². The second kappa shape index (κ2) is 9.11. The van der Waals surface area contributed by atoms with E-state index in [-0.39, 0.29) is 0 Å². The minimum absolute atomic E-state index is 0.291. The van der Waals surface area contributed by atoms with Gasteiger partial charge in [0.05, 0.1) is 19.6 Å². The largest absolute Gasteiger partial charge is 0.497 e. The van der Waals surface area contributed by atoms with Crippen molar-refractivity contribution in [2.24, 2.45) is 5.73 Å². The number of nitrogens with zero attached hydrogens (tertiary/aromatic N) is 2. The van der Waals surface area contributed by atoms with E-state index in [4.69, 9.17) is 19.6 Å². The Bertz CT molecular complexity index is 1230. The van der Waals surface area contributed by atoms with Crippen LogP contribution in [0.1, 0.15) is 25.7 Å². The van der Waals surface area contributed by atoms with E-state index >= 15 is 0 Å². The molecule has 1 fully saturated rings. The van der Waals surface area contributed by atoms with Gasteiger partial charge in [-0.2, -0.15) is 0 Å². The number of methoxy groups -OCH3 is 2. The number of aromatic nitrogens is 2. The molecule has 33 heavy (non-hydrogen) atoms. The molecule has 1 aliphatic rings. The van der Waals surface area contributed by atoms with E-state index < -0.39 is 0 Å². The lowest BCUT2D eigenvalue weighted by molar-refractivity contribution is 0.410. The van der Waals surface area contributed by atoms with E-state index in [9.17, 15) is 0 Å². The number of benzene rings is 2. The molecule has 0 bridgehead atoms. The molecule has 0 atom stereocenters. The number of rotatable bonds is 6. The number of hydrogen-bond donors (Lipinski definition) is 2. The predicted octanol–water partition coefficient (Wildman–Crippen LogP) is 5.26. The summed E-state index contributed by atoms with van der Waals surface area (Å²) in [5.41, 5.74) is 9.55. The monoisotopic (exact) mass is 444 g/mol. The Hall–Kier alpha value is -3.58. The summed E-state index contributed by atoms with van der Waals surface area (Å²) < 4.78 is 17.0. The molecule has 170 valence electrons. The third-order valence-electron chi connectivity index (χ3n) is 6.33. The third-order valence-corrected chi connectivity index (χ3v) is 6.33. The number of furan rings is 1. The second-order valence-electron chi connectivity index (χ2n) is 8.42. The van der Waals surface area contributed by atoms with E-state index in [1.807, 2.05) is 48.5 Å². The number of fused-ring (bicyclic) bond motifs is 1. The van der Waals surface area contributed by atoms with Crippen molar-refractivity contribution in [2.75, 3.05) is 19.5 Å². The molecule has 5 rings (SSSR count). The van der Waals surface area contributed by atoms with Crippen LogP contribution in [0.25, 0.3) is 33.6 Å². The van der Waals surface area contributed by atoms with Crippen LogP contribution in [0.3, 0.4) is 0 Å². The van der Waals surface area contributed by atoms with E-state index in [0.29, 0.717) is 17.8 Å². The maximum absolute atomic E-state index is 6.33. The Morgan fingerprint density at radius 3 is 2.06 bits per heavy atom. The van der Waals surface area contributed by atoms with E-state index in [1.54, 1.807) is 20.5 Å². The van der Waals surface area contributed by atoms with Gasteiger partial charge in [-0.15, -0.1) is 0 Å². The van der Waals surface area contributed by atoms with Crippen LogP contribution < -0.4 is 20.5 Å². The molecule has 2 aromatic carbocycles. The summed E-state index contributed by atoms with van der Waals surface area (Å²) in [5.74, 6) is 3.12. The van der Waals surface area contributed by atoms with Crippen molar-refractivity contribution in [1.82, 2.24) is 9.97 Å². The fourth-order valence-electron chi connectivity index (χ4n) is 4.48. The predicted molar refractivity (Wildman–Crippen MR) is 130 cm³/mol. The normalized spacial score (nSPS) is 18.3. The molecule has 0 radical (unpaired) electrons. The summed E-state index contributed by atoms with van der Waals surface area (Å²) >= 11 is 0. The van der Waals surface area contributed by atoms with Gasteiger partial charge in [0.2, 0.25) is 5.71 Å². The van der Waals surface area contributed by atoms with Gasteiger partial charge in [0.1, 0.15) is 29.4 Å². The lowest BCUT2D eigenvalue weighted by atomic mass is 9.91. The first-order valence-electron chi connectivity index (χ1n) is 11.2. The average Bonchev–Trinajstić information content (AvgIpc) is 3.26. The minimum atomic E-state index is 0.291. The number of anilines is 1. The summed E-state index contributed by atoms with van der Waals surface area (Å²) in [6.07, 6.45) is 5.62. The van der Waals surface area contributed by atoms with Crippen molar-refractivity contribution < 1.29 is 13.9 Å². The SMILES string of the molecule is COc1ccc(-c2oc3ncnc(NC4CCC(N)CC4)c3c2-c2ccc(OC)cc2)cc1. The molecule has 0 saturated heterocycles. The Kier molecular flexibility index (Phi) is 5.88. The first-order valence-corrected chi connectivity index (χ1v) is 11.2. The summed E-state index contributed by atoms with van der Waals surface area (Å²) in [4.78, 5) is 9.08. The minimum Gasteiger partial charge on any atom is -0.497 e. The van der Waals surface area contributed by atoms with Crippen LogP contribution in [0.4, 0.5) is 5.82 Å².